The molecule has 0 aromatic rings. The van der Waals surface area contributed by atoms with Crippen molar-refractivity contribution >= 4 is 41.1 Å². The second kappa shape index (κ2) is 13.2. The van der Waals surface area contributed by atoms with Gasteiger partial charge in [-0.1, -0.05) is 0 Å². The van der Waals surface area contributed by atoms with Crippen LogP contribution in [0.2, 0.25) is 4.44 Å². The predicted molar refractivity (Wildman–Crippen MR) is 51.6 cm³/mol. The Hall–Kier alpha value is 0.619. The van der Waals surface area contributed by atoms with Crippen molar-refractivity contribution in [1.29, 1.82) is 0 Å². The third-order valence-corrected chi connectivity index (χ3v) is 2.09. The largest absolute Gasteiger partial charge is 0.481 e. The average Bonchev–Trinajstić information content (AvgIpc) is 1.90. The van der Waals surface area contributed by atoms with Gasteiger partial charge in [-0.05, 0) is 0 Å². The number of carbonyl (C=O) groups is 1. The second-order valence-corrected chi connectivity index (χ2v) is 3.85. The van der Waals surface area contributed by atoms with E-state index in [0.29, 0.717) is 5.75 Å². The van der Waals surface area contributed by atoms with Crippen molar-refractivity contribution in [2.75, 3.05) is 5.75 Å². The minimum atomic E-state index is -0.787. The maximum atomic E-state index is 9.55. The summed E-state index contributed by atoms with van der Waals surface area (Å²) in [6, 6.07) is 0. The Labute approximate surface area is 87.3 Å². The molecule has 62 valence electrons. The van der Waals surface area contributed by atoms with E-state index in [0.717, 1.165) is 0 Å². The quantitative estimate of drug-likeness (QED) is 0.609. The summed E-state index contributed by atoms with van der Waals surface area (Å²) in [7, 11) is 0. The molecule has 0 spiro atoms. The van der Waals surface area contributed by atoms with Crippen molar-refractivity contribution < 1.29 is 9.90 Å². The van der Waals surface area contributed by atoms with Gasteiger partial charge in [0.05, 0.1) is 6.42 Å². The van der Waals surface area contributed by atoms with Crippen LogP contribution in [0.25, 0.3) is 0 Å². The predicted octanol–water partition coefficient (Wildman–Crippen LogP) is 1.76. The third kappa shape index (κ3) is 25.0. The average molecular weight is 282 g/mol. The maximum Gasteiger partial charge on any atom is 0.304 e. The monoisotopic (exact) mass is 283 g/mol. The first-order valence-corrected chi connectivity index (χ1v) is 6.31. The number of hydrogen-bond acceptors (Lipinski definition) is 2. The molecular formula is C7H15O2SSn+3. The number of carboxylic acids is 1. The molecule has 4 heteroatoms. The van der Waals surface area contributed by atoms with Crippen molar-refractivity contribution in [3.05, 3.63) is 0 Å². The number of thiol groups is 1. The van der Waals surface area contributed by atoms with Crippen LogP contribution in [-0.2, 0) is 4.79 Å². The third-order valence-electron chi connectivity index (χ3n) is 0.856. The number of carboxylic acid groups (broad SMARTS) is 1. The SMILES string of the molecule is CCC[CH2][Sn+3].O=C(O)CCS. The number of hydrogen-bond donors (Lipinski definition) is 2. The normalized spacial score (nSPS) is 8.36. The van der Waals surface area contributed by atoms with E-state index in [-0.39, 0.29) is 6.42 Å². The van der Waals surface area contributed by atoms with Gasteiger partial charge in [-0.2, -0.15) is 12.6 Å². The van der Waals surface area contributed by atoms with Gasteiger partial charge in [-0.15, -0.1) is 0 Å². The molecule has 0 aliphatic heterocycles. The number of rotatable bonds is 4. The zero-order valence-corrected chi connectivity index (χ0v) is 10.6. The second-order valence-electron chi connectivity index (χ2n) is 1.97. The zero-order valence-electron chi connectivity index (χ0n) is 6.84. The molecule has 0 radical (unpaired) electrons. The van der Waals surface area contributed by atoms with Gasteiger partial charge in [0.15, 0.2) is 0 Å². The molecule has 11 heavy (non-hydrogen) atoms. The van der Waals surface area contributed by atoms with Crippen LogP contribution in [-0.4, -0.2) is 39.4 Å². The van der Waals surface area contributed by atoms with Gasteiger partial charge < -0.3 is 5.11 Å². The number of unbranched alkanes of at least 4 members (excludes halogenated alkanes) is 1. The Morgan fingerprint density at radius 3 is 2.18 bits per heavy atom. The summed E-state index contributed by atoms with van der Waals surface area (Å²) in [4.78, 5) is 9.55. The first-order chi connectivity index (χ1) is 5.18. The molecule has 1 N–H and O–H groups in total. The molecule has 0 aliphatic rings. The molecule has 0 aromatic carbocycles. The van der Waals surface area contributed by atoms with Crippen LogP contribution < -0.4 is 0 Å². The van der Waals surface area contributed by atoms with E-state index in [4.69, 9.17) is 5.11 Å². The molecular weight excluding hydrogens is 267 g/mol. The Bertz CT molecular complexity index is 86.5. The summed E-state index contributed by atoms with van der Waals surface area (Å²) in [5, 5.41) is 7.86. The molecule has 0 atom stereocenters. The van der Waals surface area contributed by atoms with Crippen LogP contribution in [0.5, 0.6) is 0 Å². The van der Waals surface area contributed by atoms with E-state index in [1.807, 2.05) is 0 Å². The summed E-state index contributed by atoms with van der Waals surface area (Å²) in [6.45, 7) is 2.23. The van der Waals surface area contributed by atoms with Crippen LogP contribution in [0.4, 0.5) is 0 Å². The van der Waals surface area contributed by atoms with Gasteiger partial charge in [-0.25, -0.2) is 0 Å². The van der Waals surface area contributed by atoms with Gasteiger partial charge in [0.2, 0.25) is 0 Å². The van der Waals surface area contributed by atoms with Gasteiger partial charge in [0.1, 0.15) is 0 Å². The van der Waals surface area contributed by atoms with Gasteiger partial charge >= 0.3 is 52.7 Å². The van der Waals surface area contributed by atoms with Crippen LogP contribution in [0.3, 0.4) is 0 Å². The number of aliphatic carboxylic acids is 1. The molecule has 2 nitrogen and oxygen atoms in total. The van der Waals surface area contributed by atoms with Crippen LogP contribution in [0.1, 0.15) is 26.2 Å². The molecule has 0 fully saturated rings. The molecule has 0 heterocycles. The maximum absolute atomic E-state index is 9.55. The molecule has 0 rings (SSSR count). The van der Waals surface area contributed by atoms with Crippen LogP contribution in [0, 0.1) is 0 Å². The van der Waals surface area contributed by atoms with E-state index in [1.54, 1.807) is 22.5 Å². The topological polar surface area (TPSA) is 37.3 Å². The molecule has 0 aromatic heterocycles. The summed E-state index contributed by atoms with van der Waals surface area (Å²) < 4.78 is 1.43. The van der Waals surface area contributed by atoms with Gasteiger partial charge in [0.25, 0.3) is 0 Å². The minimum absolute atomic E-state index is 0.156. The Balaban J connectivity index is 0. The van der Waals surface area contributed by atoms with Gasteiger partial charge in [0, 0.05) is 5.75 Å². The van der Waals surface area contributed by atoms with Crippen molar-refractivity contribution in [2.45, 2.75) is 30.6 Å². The fraction of sp³-hybridized carbons (Fsp3) is 0.857. The van der Waals surface area contributed by atoms with E-state index < -0.39 is 5.97 Å². The van der Waals surface area contributed by atoms with Crippen molar-refractivity contribution in [3.63, 3.8) is 0 Å². The first kappa shape index (κ1) is 14.2. The van der Waals surface area contributed by atoms with E-state index >= 15 is 0 Å². The van der Waals surface area contributed by atoms with Crippen LogP contribution in [0.15, 0.2) is 0 Å². The Morgan fingerprint density at radius 1 is 1.64 bits per heavy atom. The van der Waals surface area contributed by atoms with Crippen molar-refractivity contribution in [1.82, 2.24) is 0 Å². The molecule has 0 amide bonds. The molecule has 0 saturated heterocycles. The Morgan fingerprint density at radius 2 is 2.18 bits per heavy atom. The summed E-state index contributed by atoms with van der Waals surface area (Å²) in [5.74, 6) is -0.361. The fourth-order valence-corrected chi connectivity index (χ4v) is 1.47. The minimum Gasteiger partial charge on any atom is -0.481 e. The first-order valence-electron chi connectivity index (χ1n) is 3.66. The summed E-state index contributed by atoms with van der Waals surface area (Å²) in [6.07, 6.45) is 2.95. The zero-order chi connectivity index (χ0) is 9.11. The Kier molecular flexibility index (Phi) is 17.0. The van der Waals surface area contributed by atoms with Crippen LogP contribution >= 0.6 is 12.6 Å². The molecule has 0 bridgehead atoms. The standard InChI is InChI=1S/C4H9.C3H6O2S.Sn/c1-3-4-2;4-3(5)1-2-6;/h1,3-4H2,2H3;6H,1-2H2,(H,4,5);/q;;+3. The molecule has 0 aliphatic carbocycles. The fourth-order valence-electron chi connectivity index (χ4n) is 0.272. The van der Waals surface area contributed by atoms with Crippen molar-refractivity contribution in [3.8, 4) is 0 Å². The van der Waals surface area contributed by atoms with Gasteiger partial charge in [-0.3, -0.25) is 4.79 Å². The van der Waals surface area contributed by atoms with E-state index in [1.165, 1.54) is 17.3 Å². The van der Waals surface area contributed by atoms with Crippen molar-refractivity contribution in [2.24, 2.45) is 0 Å². The molecule has 0 unspecified atom stereocenters. The molecule has 0 saturated carbocycles. The van der Waals surface area contributed by atoms with E-state index in [2.05, 4.69) is 19.6 Å². The smallest absolute Gasteiger partial charge is 0.304 e. The summed E-state index contributed by atoms with van der Waals surface area (Å²) in [5.41, 5.74) is 0. The summed E-state index contributed by atoms with van der Waals surface area (Å²) >= 11 is 5.36. The van der Waals surface area contributed by atoms with E-state index in [9.17, 15) is 4.79 Å².